The summed E-state index contributed by atoms with van der Waals surface area (Å²) < 4.78 is 37.9. The third-order valence-electron chi connectivity index (χ3n) is 1.86. The Morgan fingerprint density at radius 3 is 2.53 bits per heavy atom. The maximum Gasteiger partial charge on any atom is 0.417 e. The lowest BCUT2D eigenvalue weighted by molar-refractivity contribution is -0.137. The van der Waals surface area contributed by atoms with Crippen LogP contribution in [-0.2, 0) is 6.18 Å². The topological polar surface area (TPSA) is 37.3 Å². The van der Waals surface area contributed by atoms with Crippen LogP contribution in [0.15, 0.2) is 18.2 Å². The Morgan fingerprint density at radius 2 is 2.06 bits per heavy atom. The van der Waals surface area contributed by atoms with Gasteiger partial charge in [0.15, 0.2) is 0 Å². The van der Waals surface area contributed by atoms with E-state index in [0.29, 0.717) is 6.07 Å². The van der Waals surface area contributed by atoms with Gasteiger partial charge in [-0.05, 0) is 18.2 Å². The minimum absolute atomic E-state index is 0.0992. The van der Waals surface area contributed by atoms with E-state index in [1.165, 1.54) is 0 Å². The zero-order valence-corrected chi connectivity index (χ0v) is 9.06. The molecule has 17 heavy (non-hydrogen) atoms. The molecule has 0 amide bonds. The van der Waals surface area contributed by atoms with Crippen LogP contribution in [-0.4, -0.2) is 17.0 Å². The highest BCUT2D eigenvalue weighted by molar-refractivity contribution is 6.19. The van der Waals surface area contributed by atoms with Crippen LogP contribution in [0.4, 0.5) is 13.2 Å². The molecule has 1 aromatic carbocycles. The molecule has 1 aromatic rings. The number of carboxylic acids is 1. The summed E-state index contributed by atoms with van der Waals surface area (Å²) in [5.74, 6) is 3.01. The van der Waals surface area contributed by atoms with Gasteiger partial charge in [0.05, 0.1) is 17.0 Å². The van der Waals surface area contributed by atoms with E-state index >= 15 is 0 Å². The van der Waals surface area contributed by atoms with E-state index in [2.05, 4.69) is 11.8 Å². The summed E-state index contributed by atoms with van der Waals surface area (Å²) in [6, 6.07) is 2.64. The molecule has 0 aliphatic carbocycles. The first kappa shape index (κ1) is 13.4. The Hall–Kier alpha value is -1.67. The fraction of sp³-hybridized carbons (Fsp3) is 0.182. The van der Waals surface area contributed by atoms with Crippen LogP contribution in [0.25, 0.3) is 0 Å². The molecule has 0 aromatic heterocycles. The van der Waals surface area contributed by atoms with Crippen LogP contribution in [0.1, 0.15) is 21.5 Å². The molecule has 1 N–H and O–H groups in total. The molecule has 90 valence electrons. The smallest absolute Gasteiger partial charge is 0.417 e. The fourth-order valence-corrected chi connectivity index (χ4v) is 1.22. The van der Waals surface area contributed by atoms with Crippen LogP contribution in [0.2, 0.25) is 0 Å². The van der Waals surface area contributed by atoms with E-state index in [0.717, 1.165) is 12.1 Å². The molecular weight excluding hydrogens is 257 g/mol. The van der Waals surface area contributed by atoms with E-state index in [-0.39, 0.29) is 11.4 Å². The van der Waals surface area contributed by atoms with Gasteiger partial charge in [-0.25, -0.2) is 4.79 Å². The van der Waals surface area contributed by atoms with Crippen molar-refractivity contribution in [2.24, 2.45) is 0 Å². The van der Waals surface area contributed by atoms with E-state index < -0.39 is 23.3 Å². The number of hydrogen-bond acceptors (Lipinski definition) is 1. The molecule has 0 saturated heterocycles. The fourth-order valence-electron chi connectivity index (χ4n) is 1.15. The molecule has 0 atom stereocenters. The third-order valence-corrected chi connectivity index (χ3v) is 2.00. The summed E-state index contributed by atoms with van der Waals surface area (Å²) in [4.78, 5) is 10.6. The van der Waals surface area contributed by atoms with Crippen LogP contribution in [0, 0.1) is 11.8 Å². The standard InChI is InChI=1S/C11H6ClF3O2/c12-5-1-2-7-3-4-8(10(16)17)6-9(7)11(13,14)15/h3-4,6H,5H2,(H,16,17). The number of alkyl halides is 4. The van der Waals surface area contributed by atoms with Gasteiger partial charge >= 0.3 is 12.1 Å². The monoisotopic (exact) mass is 262 g/mol. The van der Waals surface area contributed by atoms with Crippen molar-refractivity contribution in [3.05, 3.63) is 34.9 Å². The maximum atomic E-state index is 12.6. The Kier molecular flexibility index (Phi) is 4.02. The lowest BCUT2D eigenvalue weighted by Crippen LogP contribution is -2.10. The lowest BCUT2D eigenvalue weighted by atomic mass is 10.0. The largest absolute Gasteiger partial charge is 0.478 e. The number of carboxylic acid groups (broad SMARTS) is 1. The number of carbonyl (C=O) groups is 1. The number of halogens is 4. The summed E-state index contributed by atoms with van der Waals surface area (Å²) in [6.07, 6.45) is -4.65. The number of aromatic carboxylic acids is 1. The Balaban J connectivity index is 3.37. The van der Waals surface area contributed by atoms with Crippen molar-refractivity contribution in [1.29, 1.82) is 0 Å². The zero-order valence-electron chi connectivity index (χ0n) is 8.31. The highest BCUT2D eigenvalue weighted by Gasteiger charge is 2.33. The molecule has 0 unspecified atom stereocenters. The van der Waals surface area contributed by atoms with Crippen molar-refractivity contribution in [2.75, 3.05) is 5.88 Å². The number of rotatable bonds is 1. The second-order valence-electron chi connectivity index (χ2n) is 3.00. The molecular formula is C11H6ClF3O2. The highest BCUT2D eigenvalue weighted by atomic mass is 35.5. The van der Waals surface area contributed by atoms with Crippen LogP contribution in [0.3, 0.4) is 0 Å². The SMILES string of the molecule is O=C(O)c1ccc(C#CCCl)c(C(F)(F)F)c1. The molecule has 1 rings (SSSR count). The van der Waals surface area contributed by atoms with Crippen LogP contribution < -0.4 is 0 Å². The molecule has 0 fully saturated rings. The van der Waals surface area contributed by atoms with Gasteiger partial charge < -0.3 is 5.11 Å². The lowest BCUT2D eigenvalue weighted by Gasteiger charge is -2.09. The van der Waals surface area contributed by atoms with Crippen molar-refractivity contribution in [3.8, 4) is 11.8 Å². The van der Waals surface area contributed by atoms with Crippen LogP contribution in [0.5, 0.6) is 0 Å². The summed E-state index contributed by atoms with van der Waals surface area (Å²) in [5.41, 5.74) is -1.80. The van der Waals surface area contributed by atoms with Crippen molar-refractivity contribution in [2.45, 2.75) is 6.18 Å². The van der Waals surface area contributed by atoms with E-state index in [1.54, 1.807) is 0 Å². The van der Waals surface area contributed by atoms with E-state index in [1.807, 2.05) is 0 Å². The third kappa shape index (κ3) is 3.40. The minimum Gasteiger partial charge on any atom is -0.478 e. The maximum absolute atomic E-state index is 12.6. The number of benzene rings is 1. The molecule has 0 aliphatic rings. The van der Waals surface area contributed by atoms with Gasteiger partial charge in [0.2, 0.25) is 0 Å². The Bertz CT molecular complexity index is 498. The van der Waals surface area contributed by atoms with Crippen molar-refractivity contribution in [1.82, 2.24) is 0 Å². The molecule has 0 bridgehead atoms. The van der Waals surface area contributed by atoms with Gasteiger partial charge in [0.25, 0.3) is 0 Å². The van der Waals surface area contributed by atoms with Gasteiger partial charge in [-0.15, -0.1) is 11.6 Å². The first-order valence-corrected chi connectivity index (χ1v) is 4.89. The molecule has 0 saturated carbocycles. The Morgan fingerprint density at radius 1 is 1.41 bits per heavy atom. The molecule has 2 nitrogen and oxygen atoms in total. The Labute approximate surface area is 100 Å². The predicted octanol–water partition coefficient (Wildman–Crippen LogP) is 2.99. The average molecular weight is 263 g/mol. The first-order valence-electron chi connectivity index (χ1n) is 4.35. The molecule has 0 radical (unpaired) electrons. The molecule has 0 heterocycles. The van der Waals surface area contributed by atoms with Gasteiger partial charge in [-0.1, -0.05) is 11.8 Å². The van der Waals surface area contributed by atoms with Crippen molar-refractivity contribution in [3.63, 3.8) is 0 Å². The second kappa shape index (κ2) is 5.11. The normalized spacial score (nSPS) is 10.6. The summed E-state index contributed by atoms with van der Waals surface area (Å²) in [7, 11) is 0. The molecule has 0 spiro atoms. The second-order valence-corrected chi connectivity index (χ2v) is 3.27. The van der Waals surface area contributed by atoms with Gasteiger partial charge in [0.1, 0.15) is 0 Å². The number of hydrogen-bond donors (Lipinski definition) is 1. The quantitative estimate of drug-likeness (QED) is 0.624. The van der Waals surface area contributed by atoms with Gasteiger partial charge in [0, 0.05) is 5.56 Å². The van der Waals surface area contributed by atoms with E-state index in [9.17, 15) is 18.0 Å². The molecule has 6 heteroatoms. The van der Waals surface area contributed by atoms with E-state index in [4.69, 9.17) is 16.7 Å². The van der Waals surface area contributed by atoms with Gasteiger partial charge in [-0.3, -0.25) is 0 Å². The predicted molar refractivity (Wildman–Crippen MR) is 56.0 cm³/mol. The minimum atomic E-state index is -4.65. The van der Waals surface area contributed by atoms with Crippen molar-refractivity contribution >= 4 is 17.6 Å². The summed E-state index contributed by atoms with van der Waals surface area (Å²) in [6.45, 7) is 0. The van der Waals surface area contributed by atoms with Crippen LogP contribution >= 0.6 is 11.6 Å². The van der Waals surface area contributed by atoms with Gasteiger partial charge in [-0.2, -0.15) is 13.2 Å². The summed E-state index contributed by atoms with van der Waals surface area (Å²) in [5, 5.41) is 8.62. The average Bonchev–Trinajstić information content (AvgIpc) is 2.24. The summed E-state index contributed by atoms with van der Waals surface area (Å²) >= 11 is 5.25. The zero-order chi connectivity index (χ0) is 13.1. The van der Waals surface area contributed by atoms with Crippen molar-refractivity contribution < 1.29 is 23.1 Å². The highest BCUT2D eigenvalue weighted by Crippen LogP contribution is 2.32. The molecule has 0 aliphatic heterocycles. The first-order chi connectivity index (χ1) is 7.86.